The van der Waals surface area contributed by atoms with Crippen LogP contribution in [0.4, 0.5) is 13.2 Å². The first-order chi connectivity index (χ1) is 15.4. The maximum absolute atomic E-state index is 15.2. The molecule has 3 fully saturated rings. The van der Waals surface area contributed by atoms with E-state index in [1.165, 1.54) is 21.9 Å². The van der Waals surface area contributed by atoms with Crippen LogP contribution in [0.2, 0.25) is 5.02 Å². The van der Waals surface area contributed by atoms with E-state index in [9.17, 15) is 14.0 Å². The quantitative estimate of drug-likeness (QED) is 0.602. The van der Waals surface area contributed by atoms with Gasteiger partial charge in [0.15, 0.2) is 0 Å². The van der Waals surface area contributed by atoms with Crippen molar-refractivity contribution < 1.29 is 27.5 Å². The summed E-state index contributed by atoms with van der Waals surface area (Å²) in [7, 11) is 0. The number of benzene rings is 1. The fourth-order valence-corrected chi connectivity index (χ4v) is 5.61. The van der Waals surface area contributed by atoms with Crippen molar-refractivity contribution in [1.82, 2.24) is 9.80 Å². The maximum Gasteiger partial charge on any atom is 0.274 e. The molecule has 5 nitrogen and oxygen atoms in total. The van der Waals surface area contributed by atoms with Gasteiger partial charge in [-0.25, -0.2) is 13.2 Å². The number of hydrogen-bond donors (Lipinski definition) is 0. The lowest BCUT2D eigenvalue weighted by Crippen LogP contribution is -2.71. The molecule has 33 heavy (non-hydrogen) atoms. The zero-order valence-electron chi connectivity index (χ0n) is 18.8. The van der Waals surface area contributed by atoms with Gasteiger partial charge in [-0.1, -0.05) is 30.3 Å². The number of alkyl halides is 2. The van der Waals surface area contributed by atoms with E-state index >= 15 is 8.78 Å². The van der Waals surface area contributed by atoms with Crippen molar-refractivity contribution in [3.8, 4) is 0 Å². The molecule has 4 rings (SSSR count). The van der Waals surface area contributed by atoms with Crippen molar-refractivity contribution in [2.45, 2.75) is 44.1 Å². The number of piperidine rings is 1. The van der Waals surface area contributed by atoms with Crippen molar-refractivity contribution in [2.75, 3.05) is 32.8 Å². The summed E-state index contributed by atoms with van der Waals surface area (Å²) in [6.45, 7) is 6.54. The van der Waals surface area contributed by atoms with E-state index in [0.29, 0.717) is 12.0 Å². The molecule has 0 unspecified atom stereocenters. The minimum Gasteiger partial charge on any atom is -0.375 e. The van der Waals surface area contributed by atoms with Crippen LogP contribution in [0.3, 0.4) is 0 Å². The number of carbonyl (C=O) groups is 2. The Bertz CT molecular complexity index is 978. The van der Waals surface area contributed by atoms with Gasteiger partial charge in [-0.3, -0.25) is 9.59 Å². The molecule has 3 saturated heterocycles. The Balaban J connectivity index is 1.54. The van der Waals surface area contributed by atoms with Crippen LogP contribution in [0.15, 0.2) is 30.9 Å². The van der Waals surface area contributed by atoms with Crippen LogP contribution >= 0.6 is 11.6 Å². The van der Waals surface area contributed by atoms with Crippen LogP contribution in [0.1, 0.15) is 38.2 Å². The van der Waals surface area contributed by atoms with Gasteiger partial charge in [-0.05, 0) is 44.4 Å². The van der Waals surface area contributed by atoms with E-state index in [1.54, 1.807) is 6.07 Å². The monoisotopic (exact) mass is 484 g/mol. The zero-order chi connectivity index (χ0) is 24.2. The molecule has 180 valence electrons. The molecular formula is C24H28ClF3N2O3. The number of likely N-dealkylation sites (tertiary alicyclic amines) is 2. The Morgan fingerprint density at radius 1 is 1.21 bits per heavy atom. The molecule has 1 aromatic carbocycles. The molecule has 0 bridgehead atoms. The smallest absolute Gasteiger partial charge is 0.274 e. The number of nitrogens with zero attached hydrogens (tertiary/aromatic N) is 2. The first-order valence-corrected chi connectivity index (χ1v) is 11.4. The molecule has 0 saturated carbocycles. The summed E-state index contributed by atoms with van der Waals surface area (Å²) in [5.41, 5.74) is -1.40. The number of carbonyl (C=O) groups excluding carboxylic acids is 2. The third kappa shape index (κ3) is 4.16. The highest BCUT2D eigenvalue weighted by molar-refractivity contribution is 6.31. The predicted molar refractivity (Wildman–Crippen MR) is 118 cm³/mol. The van der Waals surface area contributed by atoms with Crippen LogP contribution in [0, 0.1) is 17.2 Å². The van der Waals surface area contributed by atoms with Crippen molar-refractivity contribution >= 4 is 23.4 Å². The summed E-state index contributed by atoms with van der Waals surface area (Å²) >= 11 is 6.24. The first kappa shape index (κ1) is 24.1. The normalized spacial score (nSPS) is 27.7. The summed E-state index contributed by atoms with van der Waals surface area (Å²) in [5.74, 6) is -5.74. The highest BCUT2D eigenvalue weighted by atomic mass is 35.5. The SMILES string of the molecule is C=CC(=O)N1CC2(CCN(C(=O)[C@@H]3COC(C)(C)C[C@@H]3c3cccc(F)c3Cl)CC2(F)F)C1. The number of rotatable bonds is 3. The predicted octanol–water partition coefficient (Wildman–Crippen LogP) is 4.26. The van der Waals surface area contributed by atoms with Gasteiger partial charge in [0, 0.05) is 25.6 Å². The topological polar surface area (TPSA) is 49.9 Å². The van der Waals surface area contributed by atoms with Gasteiger partial charge >= 0.3 is 0 Å². The summed E-state index contributed by atoms with van der Waals surface area (Å²) < 4.78 is 50.5. The Morgan fingerprint density at radius 2 is 1.91 bits per heavy atom. The maximum atomic E-state index is 15.2. The first-order valence-electron chi connectivity index (χ1n) is 11.1. The van der Waals surface area contributed by atoms with E-state index in [2.05, 4.69) is 6.58 Å². The van der Waals surface area contributed by atoms with Crippen LogP contribution in [-0.2, 0) is 14.3 Å². The number of halogens is 4. The summed E-state index contributed by atoms with van der Waals surface area (Å²) in [5, 5.41) is -0.0534. The Kier molecular flexibility index (Phi) is 6.06. The van der Waals surface area contributed by atoms with Crippen LogP contribution < -0.4 is 0 Å². The Hall–Kier alpha value is -2.06. The van der Waals surface area contributed by atoms with Gasteiger partial charge in [-0.2, -0.15) is 0 Å². The van der Waals surface area contributed by atoms with Crippen molar-refractivity contribution in [1.29, 1.82) is 0 Å². The summed E-state index contributed by atoms with van der Waals surface area (Å²) in [4.78, 5) is 27.7. The molecular weight excluding hydrogens is 457 g/mol. The Morgan fingerprint density at radius 3 is 2.55 bits per heavy atom. The number of ether oxygens (including phenoxy) is 1. The Labute approximate surface area is 196 Å². The second-order valence-electron chi connectivity index (χ2n) is 10.0. The standard InChI is InChI=1S/C24H28ClF3N2O3/c1-4-19(31)30-12-23(13-30)8-9-29(14-24(23,27)28)21(32)17-11-33-22(2,3)10-16(17)15-6-5-7-18(26)20(15)25/h4-7,16-17H,1,8-14H2,2-3H3/t16-,17-/m1/s1. The van der Waals surface area contributed by atoms with E-state index in [4.69, 9.17) is 16.3 Å². The van der Waals surface area contributed by atoms with Crippen LogP contribution in [0.5, 0.6) is 0 Å². The van der Waals surface area contributed by atoms with Gasteiger partial charge in [0.2, 0.25) is 11.8 Å². The van der Waals surface area contributed by atoms with Gasteiger partial charge in [0.1, 0.15) is 5.82 Å². The average molecular weight is 485 g/mol. The largest absolute Gasteiger partial charge is 0.375 e. The minimum atomic E-state index is -3.14. The molecule has 1 aromatic rings. The molecule has 1 spiro atoms. The molecule has 3 aliphatic heterocycles. The second-order valence-corrected chi connectivity index (χ2v) is 10.4. The lowest BCUT2D eigenvalue weighted by Gasteiger charge is -2.57. The molecule has 3 aliphatic rings. The zero-order valence-corrected chi connectivity index (χ0v) is 19.5. The molecule has 0 aromatic heterocycles. The summed E-state index contributed by atoms with van der Waals surface area (Å²) in [6.07, 6.45) is 1.61. The third-order valence-electron chi connectivity index (χ3n) is 7.36. The van der Waals surface area contributed by atoms with Gasteiger partial charge in [0.05, 0.1) is 35.1 Å². The van der Waals surface area contributed by atoms with Gasteiger partial charge < -0.3 is 14.5 Å². The van der Waals surface area contributed by atoms with Crippen molar-refractivity contribution in [3.63, 3.8) is 0 Å². The van der Waals surface area contributed by atoms with Gasteiger partial charge in [0.25, 0.3) is 5.92 Å². The number of amides is 2. The summed E-state index contributed by atoms with van der Waals surface area (Å²) in [6, 6.07) is 4.46. The van der Waals surface area contributed by atoms with Crippen LogP contribution in [-0.4, -0.2) is 65.9 Å². The fourth-order valence-electron chi connectivity index (χ4n) is 5.34. The molecule has 2 atom stereocenters. The van der Waals surface area contributed by atoms with E-state index in [-0.39, 0.29) is 43.6 Å². The minimum absolute atomic E-state index is 0.0399. The molecule has 0 aliphatic carbocycles. The average Bonchev–Trinajstić information content (AvgIpc) is 2.72. The molecule has 2 amide bonds. The molecule has 0 radical (unpaired) electrons. The van der Waals surface area contributed by atoms with Crippen molar-refractivity contribution in [2.24, 2.45) is 11.3 Å². The lowest BCUT2D eigenvalue weighted by atomic mass is 9.68. The van der Waals surface area contributed by atoms with E-state index in [0.717, 1.165) is 6.08 Å². The lowest BCUT2D eigenvalue weighted by molar-refractivity contribution is -0.224. The van der Waals surface area contributed by atoms with Gasteiger partial charge in [-0.15, -0.1) is 0 Å². The molecule has 3 heterocycles. The molecule has 0 N–H and O–H groups in total. The molecule has 9 heteroatoms. The fraction of sp³-hybridized carbons (Fsp3) is 0.583. The van der Waals surface area contributed by atoms with E-state index in [1.807, 2.05) is 13.8 Å². The third-order valence-corrected chi connectivity index (χ3v) is 7.76. The highest BCUT2D eigenvalue weighted by Gasteiger charge is 2.64. The highest BCUT2D eigenvalue weighted by Crippen LogP contribution is 2.51. The number of hydrogen-bond acceptors (Lipinski definition) is 3. The second kappa shape index (κ2) is 8.31. The van der Waals surface area contributed by atoms with Crippen molar-refractivity contribution in [3.05, 3.63) is 47.3 Å². The van der Waals surface area contributed by atoms with Crippen LogP contribution in [0.25, 0.3) is 0 Å². The van der Waals surface area contributed by atoms with E-state index < -0.39 is 47.0 Å².